The van der Waals surface area contributed by atoms with Crippen molar-refractivity contribution in [2.24, 2.45) is 7.05 Å². The van der Waals surface area contributed by atoms with Crippen LogP contribution >= 0.6 is 0 Å². The summed E-state index contributed by atoms with van der Waals surface area (Å²) < 4.78 is 6.89. The van der Waals surface area contributed by atoms with Crippen LogP contribution in [0.1, 0.15) is 10.4 Å². The summed E-state index contributed by atoms with van der Waals surface area (Å²) in [5.41, 5.74) is 1.75. The van der Waals surface area contributed by atoms with Crippen LogP contribution in [0, 0.1) is 0 Å². The number of rotatable bonds is 3. The minimum atomic E-state index is -0.962. The first-order valence-corrected chi connectivity index (χ1v) is 5.03. The van der Waals surface area contributed by atoms with Crippen molar-refractivity contribution in [2.75, 3.05) is 7.11 Å². The summed E-state index contributed by atoms with van der Waals surface area (Å²) >= 11 is 0. The maximum absolute atomic E-state index is 10.9. The summed E-state index contributed by atoms with van der Waals surface area (Å²) in [5.74, 6) is -0.338. The summed E-state index contributed by atoms with van der Waals surface area (Å²) in [7, 11) is 3.35. The Morgan fingerprint density at radius 3 is 2.71 bits per heavy atom. The van der Waals surface area contributed by atoms with Crippen molar-refractivity contribution in [3.8, 4) is 17.0 Å². The normalized spacial score (nSPS) is 10.2. The van der Waals surface area contributed by atoms with Crippen molar-refractivity contribution in [1.82, 2.24) is 9.78 Å². The molecule has 2 rings (SSSR count). The zero-order valence-electron chi connectivity index (χ0n) is 9.54. The topological polar surface area (TPSA) is 64.3 Å². The van der Waals surface area contributed by atoms with E-state index in [0.29, 0.717) is 11.3 Å². The monoisotopic (exact) mass is 232 g/mol. The van der Waals surface area contributed by atoms with E-state index in [9.17, 15) is 4.79 Å². The minimum Gasteiger partial charge on any atom is -0.496 e. The molecule has 1 N–H and O–H groups in total. The maximum atomic E-state index is 10.9. The number of aromatic nitrogens is 2. The van der Waals surface area contributed by atoms with E-state index >= 15 is 0 Å². The minimum absolute atomic E-state index is 0.224. The average Bonchev–Trinajstić information content (AvgIpc) is 2.74. The zero-order valence-corrected chi connectivity index (χ0v) is 9.54. The van der Waals surface area contributed by atoms with Crippen molar-refractivity contribution in [3.63, 3.8) is 0 Å². The standard InChI is InChI=1S/C12H12N2O3/c1-14-10(5-6-13-14)9-7-8(12(15)16)3-4-11(9)17-2/h3-7H,1-2H3,(H,15,16). The molecular weight excluding hydrogens is 220 g/mol. The number of methoxy groups -OCH3 is 1. The fraction of sp³-hybridized carbons (Fsp3) is 0.167. The molecule has 5 heteroatoms. The zero-order chi connectivity index (χ0) is 12.4. The van der Waals surface area contributed by atoms with Gasteiger partial charge in [0.25, 0.3) is 0 Å². The van der Waals surface area contributed by atoms with Crippen LogP contribution in [0.4, 0.5) is 0 Å². The van der Waals surface area contributed by atoms with Gasteiger partial charge < -0.3 is 9.84 Å². The van der Waals surface area contributed by atoms with E-state index in [2.05, 4.69) is 5.10 Å². The number of hydrogen-bond donors (Lipinski definition) is 1. The lowest BCUT2D eigenvalue weighted by Crippen LogP contribution is -2.00. The molecule has 0 aliphatic carbocycles. The molecule has 0 aliphatic rings. The van der Waals surface area contributed by atoms with Gasteiger partial charge in [0.2, 0.25) is 0 Å². The van der Waals surface area contributed by atoms with Crippen LogP contribution in [0.3, 0.4) is 0 Å². The van der Waals surface area contributed by atoms with E-state index in [1.165, 1.54) is 6.07 Å². The van der Waals surface area contributed by atoms with Gasteiger partial charge in [0, 0.05) is 18.8 Å². The highest BCUT2D eigenvalue weighted by atomic mass is 16.5. The molecule has 0 spiro atoms. The fourth-order valence-electron chi connectivity index (χ4n) is 1.68. The molecule has 0 fully saturated rings. The molecule has 0 saturated carbocycles. The van der Waals surface area contributed by atoms with E-state index in [0.717, 1.165) is 5.69 Å². The van der Waals surface area contributed by atoms with Gasteiger partial charge in [-0.15, -0.1) is 0 Å². The lowest BCUT2D eigenvalue weighted by Gasteiger charge is -2.09. The summed E-state index contributed by atoms with van der Waals surface area (Å²) in [6, 6.07) is 6.55. The number of aromatic carboxylic acids is 1. The Labute approximate surface area is 98.3 Å². The van der Waals surface area contributed by atoms with E-state index in [-0.39, 0.29) is 5.56 Å². The van der Waals surface area contributed by atoms with Gasteiger partial charge in [-0.1, -0.05) is 0 Å². The third-order valence-corrected chi connectivity index (χ3v) is 2.54. The predicted molar refractivity (Wildman–Crippen MR) is 62.2 cm³/mol. The van der Waals surface area contributed by atoms with Crippen LogP contribution in [0.5, 0.6) is 5.75 Å². The first-order chi connectivity index (χ1) is 8.13. The third kappa shape index (κ3) is 1.99. The molecule has 0 radical (unpaired) electrons. The van der Waals surface area contributed by atoms with E-state index in [1.54, 1.807) is 37.2 Å². The van der Waals surface area contributed by atoms with Crippen LogP contribution in [-0.4, -0.2) is 28.0 Å². The molecule has 0 unspecified atom stereocenters. The molecule has 0 amide bonds. The van der Waals surface area contributed by atoms with Crippen molar-refractivity contribution in [1.29, 1.82) is 0 Å². The average molecular weight is 232 g/mol. The summed E-state index contributed by atoms with van der Waals surface area (Å²) in [4.78, 5) is 10.9. The van der Waals surface area contributed by atoms with Crippen LogP contribution in [0.15, 0.2) is 30.5 Å². The molecule has 2 aromatic rings. The Bertz CT molecular complexity index is 561. The van der Waals surface area contributed by atoms with Gasteiger partial charge in [-0.05, 0) is 24.3 Å². The molecule has 1 heterocycles. The molecule has 1 aromatic heterocycles. The number of hydrogen-bond acceptors (Lipinski definition) is 3. The Kier molecular flexibility index (Phi) is 2.82. The number of carboxylic acids is 1. The number of carboxylic acid groups (broad SMARTS) is 1. The van der Waals surface area contributed by atoms with Crippen LogP contribution in [0.25, 0.3) is 11.3 Å². The molecule has 0 aliphatic heterocycles. The van der Waals surface area contributed by atoms with E-state index in [1.807, 2.05) is 6.07 Å². The Morgan fingerprint density at radius 1 is 1.41 bits per heavy atom. The van der Waals surface area contributed by atoms with Crippen LogP contribution in [-0.2, 0) is 7.05 Å². The Hall–Kier alpha value is -2.30. The number of benzene rings is 1. The summed E-state index contributed by atoms with van der Waals surface area (Å²) in [5, 5.41) is 13.0. The van der Waals surface area contributed by atoms with Crippen molar-refractivity contribution < 1.29 is 14.6 Å². The van der Waals surface area contributed by atoms with Crippen LogP contribution < -0.4 is 4.74 Å². The van der Waals surface area contributed by atoms with E-state index < -0.39 is 5.97 Å². The quantitative estimate of drug-likeness (QED) is 0.876. The van der Waals surface area contributed by atoms with Gasteiger partial charge >= 0.3 is 5.97 Å². The van der Waals surface area contributed by atoms with E-state index in [4.69, 9.17) is 9.84 Å². The molecule has 0 bridgehead atoms. The van der Waals surface area contributed by atoms with Crippen molar-refractivity contribution in [3.05, 3.63) is 36.0 Å². The molecule has 0 atom stereocenters. The van der Waals surface area contributed by atoms with Crippen LogP contribution in [0.2, 0.25) is 0 Å². The first kappa shape index (κ1) is 11.2. The van der Waals surface area contributed by atoms with Gasteiger partial charge in [0.05, 0.1) is 18.4 Å². The van der Waals surface area contributed by atoms with Gasteiger partial charge in [0.15, 0.2) is 0 Å². The van der Waals surface area contributed by atoms with Crippen molar-refractivity contribution in [2.45, 2.75) is 0 Å². The van der Waals surface area contributed by atoms with Gasteiger partial charge in [-0.3, -0.25) is 4.68 Å². The molecule has 17 heavy (non-hydrogen) atoms. The highest BCUT2D eigenvalue weighted by Gasteiger charge is 2.12. The molecule has 88 valence electrons. The Balaban J connectivity index is 2.61. The molecule has 5 nitrogen and oxygen atoms in total. The highest BCUT2D eigenvalue weighted by Crippen LogP contribution is 2.30. The Morgan fingerprint density at radius 2 is 2.18 bits per heavy atom. The number of aryl methyl sites for hydroxylation is 1. The number of carbonyl (C=O) groups is 1. The lowest BCUT2D eigenvalue weighted by atomic mass is 10.1. The number of ether oxygens (including phenoxy) is 1. The van der Waals surface area contributed by atoms with Gasteiger partial charge in [-0.2, -0.15) is 5.10 Å². The van der Waals surface area contributed by atoms with Crippen molar-refractivity contribution >= 4 is 5.97 Å². The molecular formula is C12H12N2O3. The van der Waals surface area contributed by atoms with Gasteiger partial charge in [-0.25, -0.2) is 4.79 Å². The summed E-state index contributed by atoms with van der Waals surface area (Å²) in [6.45, 7) is 0. The largest absolute Gasteiger partial charge is 0.496 e. The molecule has 1 aromatic carbocycles. The fourth-order valence-corrected chi connectivity index (χ4v) is 1.68. The second kappa shape index (κ2) is 4.29. The maximum Gasteiger partial charge on any atom is 0.335 e. The molecule has 0 saturated heterocycles. The second-order valence-electron chi connectivity index (χ2n) is 3.56. The first-order valence-electron chi connectivity index (χ1n) is 5.03. The van der Waals surface area contributed by atoms with Gasteiger partial charge in [0.1, 0.15) is 5.75 Å². The lowest BCUT2D eigenvalue weighted by molar-refractivity contribution is 0.0697. The predicted octanol–water partition coefficient (Wildman–Crippen LogP) is 1.79. The second-order valence-corrected chi connectivity index (χ2v) is 3.56. The third-order valence-electron chi connectivity index (χ3n) is 2.54. The highest BCUT2D eigenvalue weighted by molar-refractivity contribution is 5.90. The summed E-state index contributed by atoms with van der Waals surface area (Å²) in [6.07, 6.45) is 1.65. The number of nitrogens with zero attached hydrogens (tertiary/aromatic N) is 2. The SMILES string of the molecule is COc1ccc(C(=O)O)cc1-c1ccnn1C. The smallest absolute Gasteiger partial charge is 0.335 e.